The van der Waals surface area contributed by atoms with Gasteiger partial charge in [0.1, 0.15) is 5.15 Å². The highest BCUT2D eigenvalue weighted by atomic mass is 35.5. The molecule has 0 fully saturated rings. The number of carbonyl (C=O) groups excluding carboxylic acids is 1. The Balaban J connectivity index is 2.01. The molecule has 0 bridgehead atoms. The standard InChI is InChI=1S/C21H17Cl2N3O2/c1-3-16(4-2)26-12-14(20(27)17-7-6-15(22)9-18(17)26)11-25-21(28)13-5-8-19(23)24-10-13/h3-10,12H,1,11H2,2H3,(H,25,28). The molecule has 3 aromatic rings. The summed E-state index contributed by atoms with van der Waals surface area (Å²) in [5.41, 5.74) is 2.09. The fourth-order valence-electron chi connectivity index (χ4n) is 2.84. The van der Waals surface area contributed by atoms with Crippen LogP contribution >= 0.6 is 23.2 Å². The van der Waals surface area contributed by atoms with Gasteiger partial charge in [0.05, 0.1) is 11.1 Å². The van der Waals surface area contributed by atoms with Gasteiger partial charge < -0.3 is 9.88 Å². The second kappa shape index (κ2) is 8.42. The van der Waals surface area contributed by atoms with E-state index in [1.807, 2.05) is 17.6 Å². The summed E-state index contributed by atoms with van der Waals surface area (Å²) in [6, 6.07) is 8.18. The number of hydrogen-bond donors (Lipinski definition) is 1. The van der Waals surface area contributed by atoms with E-state index in [9.17, 15) is 9.59 Å². The molecular weight excluding hydrogens is 397 g/mol. The highest BCUT2D eigenvalue weighted by Crippen LogP contribution is 2.21. The predicted molar refractivity (Wildman–Crippen MR) is 114 cm³/mol. The van der Waals surface area contributed by atoms with Gasteiger partial charge in [-0.2, -0.15) is 0 Å². The molecule has 5 nitrogen and oxygen atoms in total. The number of hydrogen-bond acceptors (Lipinski definition) is 3. The lowest BCUT2D eigenvalue weighted by Crippen LogP contribution is -2.27. The van der Waals surface area contributed by atoms with Crippen molar-refractivity contribution in [3.05, 3.63) is 93.0 Å². The van der Waals surface area contributed by atoms with Crippen molar-refractivity contribution in [2.75, 3.05) is 0 Å². The molecule has 2 aromatic heterocycles. The van der Waals surface area contributed by atoms with E-state index in [1.165, 1.54) is 12.3 Å². The van der Waals surface area contributed by atoms with Crippen molar-refractivity contribution in [1.29, 1.82) is 0 Å². The van der Waals surface area contributed by atoms with E-state index in [-0.39, 0.29) is 17.9 Å². The fourth-order valence-corrected chi connectivity index (χ4v) is 3.11. The molecule has 0 unspecified atom stereocenters. The molecule has 1 N–H and O–H groups in total. The molecule has 28 heavy (non-hydrogen) atoms. The summed E-state index contributed by atoms with van der Waals surface area (Å²) in [6.07, 6.45) is 6.64. The van der Waals surface area contributed by atoms with Gasteiger partial charge in [0.2, 0.25) is 0 Å². The Kier molecular flexibility index (Phi) is 5.97. The third-order valence-electron chi connectivity index (χ3n) is 4.25. The lowest BCUT2D eigenvalue weighted by molar-refractivity contribution is 0.0950. The van der Waals surface area contributed by atoms with Gasteiger partial charge in [-0.05, 0) is 43.3 Å². The number of rotatable bonds is 5. The van der Waals surface area contributed by atoms with Crippen molar-refractivity contribution in [1.82, 2.24) is 14.9 Å². The minimum atomic E-state index is -0.346. The number of benzene rings is 1. The van der Waals surface area contributed by atoms with Crippen LogP contribution in [0.5, 0.6) is 0 Å². The van der Waals surface area contributed by atoms with E-state index in [2.05, 4.69) is 16.9 Å². The number of halogens is 2. The van der Waals surface area contributed by atoms with Crippen LogP contribution in [0.3, 0.4) is 0 Å². The molecule has 3 rings (SSSR count). The van der Waals surface area contributed by atoms with Crippen LogP contribution in [0.15, 0.2) is 66.3 Å². The molecule has 0 spiro atoms. The number of nitrogens with one attached hydrogen (secondary N) is 1. The molecule has 0 aliphatic heterocycles. The number of aromatic nitrogens is 2. The van der Waals surface area contributed by atoms with Crippen molar-refractivity contribution < 1.29 is 4.79 Å². The lowest BCUT2D eigenvalue weighted by Gasteiger charge is -2.15. The zero-order chi connectivity index (χ0) is 20.3. The van der Waals surface area contributed by atoms with E-state index < -0.39 is 0 Å². The smallest absolute Gasteiger partial charge is 0.253 e. The quantitative estimate of drug-likeness (QED) is 0.487. The number of carbonyl (C=O) groups is 1. The predicted octanol–water partition coefficient (Wildman–Crippen LogP) is 4.68. The molecule has 0 aliphatic carbocycles. The first-order chi connectivity index (χ1) is 13.4. The number of allylic oxidation sites excluding steroid dienone is 3. The summed E-state index contributed by atoms with van der Waals surface area (Å²) in [5, 5.41) is 4.08. The first-order valence-corrected chi connectivity index (χ1v) is 9.23. The highest BCUT2D eigenvalue weighted by Gasteiger charge is 2.13. The van der Waals surface area contributed by atoms with Gasteiger partial charge >= 0.3 is 0 Å². The first-order valence-electron chi connectivity index (χ1n) is 8.47. The summed E-state index contributed by atoms with van der Waals surface area (Å²) in [6.45, 7) is 5.76. The third-order valence-corrected chi connectivity index (χ3v) is 4.71. The maximum absolute atomic E-state index is 12.9. The Morgan fingerprint density at radius 2 is 2.07 bits per heavy atom. The van der Waals surface area contributed by atoms with Crippen LogP contribution in [0.2, 0.25) is 10.2 Å². The zero-order valence-electron chi connectivity index (χ0n) is 15.1. The summed E-state index contributed by atoms with van der Waals surface area (Å²) >= 11 is 11.9. The van der Waals surface area contributed by atoms with E-state index in [4.69, 9.17) is 23.2 Å². The number of nitrogens with zero attached hydrogens (tertiary/aromatic N) is 2. The molecule has 0 atom stereocenters. The zero-order valence-corrected chi connectivity index (χ0v) is 16.6. The monoisotopic (exact) mass is 413 g/mol. The highest BCUT2D eigenvalue weighted by molar-refractivity contribution is 6.31. The lowest BCUT2D eigenvalue weighted by atomic mass is 10.1. The van der Waals surface area contributed by atoms with Gasteiger partial charge in [-0.25, -0.2) is 4.98 Å². The second-order valence-electron chi connectivity index (χ2n) is 5.98. The molecule has 1 aromatic carbocycles. The number of pyridine rings is 2. The molecule has 0 saturated carbocycles. The van der Waals surface area contributed by atoms with Crippen LogP contribution in [-0.2, 0) is 6.54 Å². The summed E-state index contributed by atoms with van der Waals surface area (Å²) in [4.78, 5) is 29.1. The molecule has 2 heterocycles. The van der Waals surface area contributed by atoms with Crippen LogP contribution in [0.25, 0.3) is 16.6 Å². The van der Waals surface area contributed by atoms with Gasteiger partial charge in [-0.1, -0.05) is 35.9 Å². The van der Waals surface area contributed by atoms with Crippen molar-refractivity contribution in [2.24, 2.45) is 0 Å². The normalized spacial score (nSPS) is 11.5. The minimum absolute atomic E-state index is 0.0625. The first kappa shape index (κ1) is 19.9. The van der Waals surface area contributed by atoms with Crippen LogP contribution < -0.4 is 10.7 Å². The van der Waals surface area contributed by atoms with Crippen LogP contribution in [0.1, 0.15) is 22.8 Å². The Morgan fingerprint density at radius 1 is 1.29 bits per heavy atom. The Morgan fingerprint density at radius 3 is 2.71 bits per heavy atom. The average molecular weight is 414 g/mol. The van der Waals surface area contributed by atoms with Crippen molar-refractivity contribution >= 4 is 45.7 Å². The summed E-state index contributed by atoms with van der Waals surface area (Å²) in [7, 11) is 0. The number of amides is 1. The molecule has 0 saturated heterocycles. The molecule has 7 heteroatoms. The van der Waals surface area contributed by atoms with Crippen molar-refractivity contribution in [3.8, 4) is 0 Å². The van der Waals surface area contributed by atoms with Gasteiger partial charge in [0.15, 0.2) is 5.43 Å². The average Bonchev–Trinajstić information content (AvgIpc) is 2.69. The molecule has 1 amide bonds. The molecule has 142 valence electrons. The molecular formula is C21H17Cl2N3O2. The maximum Gasteiger partial charge on any atom is 0.253 e. The van der Waals surface area contributed by atoms with Crippen molar-refractivity contribution in [3.63, 3.8) is 0 Å². The Hall–Kier alpha value is -2.89. The largest absolute Gasteiger partial charge is 0.348 e. The van der Waals surface area contributed by atoms with E-state index in [1.54, 1.807) is 36.5 Å². The fraction of sp³-hybridized carbons (Fsp3) is 0.0952. The third kappa shape index (κ3) is 4.01. The summed E-state index contributed by atoms with van der Waals surface area (Å²) in [5.74, 6) is -0.346. The minimum Gasteiger partial charge on any atom is -0.348 e. The van der Waals surface area contributed by atoms with Crippen LogP contribution in [0.4, 0.5) is 0 Å². The van der Waals surface area contributed by atoms with Crippen molar-refractivity contribution in [2.45, 2.75) is 13.5 Å². The van der Waals surface area contributed by atoms with E-state index >= 15 is 0 Å². The van der Waals surface area contributed by atoms with E-state index in [0.29, 0.717) is 32.2 Å². The molecule has 0 radical (unpaired) electrons. The van der Waals surface area contributed by atoms with E-state index in [0.717, 1.165) is 5.70 Å². The van der Waals surface area contributed by atoms with Gasteiger partial charge in [-0.3, -0.25) is 9.59 Å². The topological polar surface area (TPSA) is 64.0 Å². The Labute approximate surface area is 171 Å². The SMILES string of the molecule is C=CC(=CC)n1cc(CNC(=O)c2ccc(Cl)nc2)c(=O)c2ccc(Cl)cc21. The van der Waals surface area contributed by atoms with Gasteiger partial charge in [-0.15, -0.1) is 0 Å². The van der Waals surface area contributed by atoms with Crippen LogP contribution in [0, 0.1) is 0 Å². The maximum atomic E-state index is 12.9. The van der Waals surface area contributed by atoms with Gasteiger partial charge in [0, 0.05) is 40.6 Å². The van der Waals surface area contributed by atoms with Gasteiger partial charge in [0.25, 0.3) is 5.91 Å². The second-order valence-corrected chi connectivity index (χ2v) is 6.81. The summed E-state index contributed by atoms with van der Waals surface area (Å²) < 4.78 is 1.83. The van der Waals surface area contributed by atoms with Crippen LogP contribution in [-0.4, -0.2) is 15.5 Å². The Bertz CT molecular complexity index is 1150. The molecule has 0 aliphatic rings. The number of fused-ring (bicyclic) bond motifs is 1.